The third-order valence-electron chi connectivity index (χ3n) is 3.38. The van der Waals surface area contributed by atoms with Crippen LogP contribution in [0.4, 0.5) is 0 Å². The van der Waals surface area contributed by atoms with Gasteiger partial charge >= 0.3 is 0 Å². The SMILES string of the molecule is C=C1NC(C)C(CC)c2cc(C)ccc21. The third-order valence-corrected chi connectivity index (χ3v) is 3.38. The molecule has 1 aliphatic heterocycles. The van der Waals surface area contributed by atoms with Gasteiger partial charge in [0, 0.05) is 23.2 Å². The second-order valence-electron chi connectivity index (χ2n) is 4.52. The minimum absolute atomic E-state index is 0.497. The fourth-order valence-corrected chi connectivity index (χ4v) is 2.56. The molecular formula is C14H19N. The lowest BCUT2D eigenvalue weighted by molar-refractivity contribution is 0.489. The van der Waals surface area contributed by atoms with Gasteiger partial charge in [-0.1, -0.05) is 37.3 Å². The summed E-state index contributed by atoms with van der Waals surface area (Å²) in [4.78, 5) is 0. The minimum Gasteiger partial charge on any atom is -0.382 e. The predicted molar refractivity (Wildman–Crippen MR) is 65.8 cm³/mol. The molecule has 0 aromatic heterocycles. The zero-order chi connectivity index (χ0) is 11.0. The molecule has 1 nitrogen and oxygen atoms in total. The molecule has 2 rings (SSSR count). The molecule has 0 saturated carbocycles. The van der Waals surface area contributed by atoms with E-state index in [2.05, 4.69) is 50.9 Å². The Bertz CT molecular complexity index is 392. The number of rotatable bonds is 1. The highest BCUT2D eigenvalue weighted by molar-refractivity contribution is 5.68. The van der Waals surface area contributed by atoms with E-state index in [-0.39, 0.29) is 0 Å². The molecule has 1 aromatic rings. The summed E-state index contributed by atoms with van der Waals surface area (Å²) < 4.78 is 0. The molecule has 1 aromatic carbocycles. The quantitative estimate of drug-likeness (QED) is 0.733. The molecule has 1 aliphatic rings. The van der Waals surface area contributed by atoms with Crippen LogP contribution in [0.3, 0.4) is 0 Å². The first-order valence-corrected chi connectivity index (χ1v) is 5.69. The standard InChI is InChI=1S/C14H19N/c1-5-12-10(3)15-11(4)13-7-6-9(2)8-14(12)13/h6-8,10,12,15H,4-5H2,1-3H3. The molecule has 2 atom stereocenters. The van der Waals surface area contributed by atoms with Gasteiger partial charge in [0.1, 0.15) is 0 Å². The molecule has 0 fully saturated rings. The Hall–Kier alpha value is -1.24. The van der Waals surface area contributed by atoms with Crippen LogP contribution in [-0.4, -0.2) is 6.04 Å². The van der Waals surface area contributed by atoms with E-state index in [1.165, 1.54) is 23.1 Å². The molecule has 0 bridgehead atoms. The van der Waals surface area contributed by atoms with Crippen LogP contribution in [-0.2, 0) is 0 Å². The van der Waals surface area contributed by atoms with Gasteiger partial charge in [0.25, 0.3) is 0 Å². The highest BCUT2D eigenvalue weighted by Gasteiger charge is 2.26. The van der Waals surface area contributed by atoms with Crippen LogP contribution in [0.25, 0.3) is 5.70 Å². The van der Waals surface area contributed by atoms with E-state index in [0.717, 1.165) is 5.70 Å². The van der Waals surface area contributed by atoms with Gasteiger partial charge in [0.15, 0.2) is 0 Å². The Morgan fingerprint density at radius 1 is 1.40 bits per heavy atom. The van der Waals surface area contributed by atoms with Crippen LogP contribution < -0.4 is 5.32 Å². The van der Waals surface area contributed by atoms with Crippen LogP contribution in [0.5, 0.6) is 0 Å². The van der Waals surface area contributed by atoms with Crippen LogP contribution >= 0.6 is 0 Å². The fourth-order valence-electron chi connectivity index (χ4n) is 2.56. The van der Waals surface area contributed by atoms with E-state index < -0.39 is 0 Å². The van der Waals surface area contributed by atoms with E-state index >= 15 is 0 Å². The molecule has 0 amide bonds. The Kier molecular flexibility index (Phi) is 2.56. The van der Waals surface area contributed by atoms with Gasteiger partial charge in [-0.05, 0) is 25.8 Å². The van der Waals surface area contributed by atoms with Crippen molar-refractivity contribution < 1.29 is 0 Å². The smallest absolute Gasteiger partial charge is 0.0345 e. The van der Waals surface area contributed by atoms with Crippen molar-refractivity contribution in [3.8, 4) is 0 Å². The molecule has 2 unspecified atom stereocenters. The van der Waals surface area contributed by atoms with Gasteiger partial charge in [0.05, 0.1) is 0 Å². The van der Waals surface area contributed by atoms with E-state index in [9.17, 15) is 0 Å². The average Bonchev–Trinajstić information content (AvgIpc) is 2.17. The van der Waals surface area contributed by atoms with E-state index in [1.54, 1.807) is 0 Å². The van der Waals surface area contributed by atoms with Crippen molar-refractivity contribution in [1.82, 2.24) is 5.32 Å². The summed E-state index contributed by atoms with van der Waals surface area (Å²) in [6.07, 6.45) is 1.18. The predicted octanol–water partition coefficient (Wildman–Crippen LogP) is 3.45. The van der Waals surface area contributed by atoms with E-state index in [4.69, 9.17) is 0 Å². The highest BCUT2D eigenvalue weighted by atomic mass is 14.9. The Morgan fingerprint density at radius 3 is 2.80 bits per heavy atom. The number of benzene rings is 1. The van der Waals surface area contributed by atoms with Gasteiger partial charge in [0.2, 0.25) is 0 Å². The Labute approximate surface area is 92.2 Å². The zero-order valence-corrected chi connectivity index (χ0v) is 9.80. The largest absolute Gasteiger partial charge is 0.382 e. The first kappa shape index (κ1) is 10.3. The molecule has 0 aliphatic carbocycles. The Balaban J connectivity index is 2.54. The molecule has 80 valence electrons. The van der Waals surface area contributed by atoms with Gasteiger partial charge in [-0.25, -0.2) is 0 Å². The molecule has 1 heterocycles. The zero-order valence-electron chi connectivity index (χ0n) is 9.80. The maximum atomic E-state index is 4.09. The fraction of sp³-hybridized carbons (Fsp3) is 0.429. The summed E-state index contributed by atoms with van der Waals surface area (Å²) in [5.74, 6) is 0.616. The van der Waals surface area contributed by atoms with Crippen molar-refractivity contribution in [2.75, 3.05) is 0 Å². The number of nitrogens with one attached hydrogen (secondary N) is 1. The van der Waals surface area contributed by atoms with E-state index in [1.807, 2.05) is 0 Å². The van der Waals surface area contributed by atoms with Gasteiger partial charge in [-0.2, -0.15) is 0 Å². The molecule has 0 spiro atoms. The first-order valence-electron chi connectivity index (χ1n) is 5.69. The summed E-state index contributed by atoms with van der Waals surface area (Å²) >= 11 is 0. The topological polar surface area (TPSA) is 12.0 Å². The second-order valence-corrected chi connectivity index (χ2v) is 4.52. The second kappa shape index (κ2) is 3.73. The molecular weight excluding hydrogens is 182 g/mol. The molecule has 0 radical (unpaired) electrons. The van der Waals surface area contributed by atoms with Crippen molar-refractivity contribution in [2.45, 2.75) is 39.2 Å². The van der Waals surface area contributed by atoms with Gasteiger partial charge in [-0.15, -0.1) is 0 Å². The maximum Gasteiger partial charge on any atom is 0.0345 e. The van der Waals surface area contributed by atoms with Crippen LogP contribution in [0.2, 0.25) is 0 Å². The van der Waals surface area contributed by atoms with Crippen molar-refractivity contribution in [3.63, 3.8) is 0 Å². The first-order chi connectivity index (χ1) is 7.13. The van der Waals surface area contributed by atoms with Crippen molar-refractivity contribution >= 4 is 5.70 Å². The lowest BCUT2D eigenvalue weighted by Gasteiger charge is -2.34. The Morgan fingerprint density at radius 2 is 2.13 bits per heavy atom. The van der Waals surface area contributed by atoms with Crippen LogP contribution in [0.15, 0.2) is 24.8 Å². The van der Waals surface area contributed by atoms with Crippen molar-refractivity contribution in [2.24, 2.45) is 0 Å². The lowest BCUT2D eigenvalue weighted by atomic mass is 9.82. The summed E-state index contributed by atoms with van der Waals surface area (Å²) in [7, 11) is 0. The molecule has 1 heteroatoms. The summed E-state index contributed by atoms with van der Waals surface area (Å²) in [6, 6.07) is 7.16. The summed E-state index contributed by atoms with van der Waals surface area (Å²) in [5.41, 5.74) is 5.18. The van der Waals surface area contributed by atoms with Crippen LogP contribution in [0.1, 0.15) is 42.9 Å². The monoisotopic (exact) mass is 201 g/mol. The average molecular weight is 201 g/mol. The summed E-state index contributed by atoms with van der Waals surface area (Å²) in [5, 5.41) is 3.46. The summed E-state index contributed by atoms with van der Waals surface area (Å²) in [6.45, 7) is 10.7. The lowest BCUT2D eigenvalue weighted by Crippen LogP contribution is -2.35. The number of hydrogen-bond donors (Lipinski definition) is 1. The van der Waals surface area contributed by atoms with Crippen molar-refractivity contribution in [3.05, 3.63) is 41.5 Å². The molecule has 1 N–H and O–H groups in total. The van der Waals surface area contributed by atoms with Gasteiger partial charge in [-0.3, -0.25) is 0 Å². The number of fused-ring (bicyclic) bond motifs is 1. The van der Waals surface area contributed by atoms with E-state index in [0.29, 0.717) is 12.0 Å². The molecule has 15 heavy (non-hydrogen) atoms. The number of hydrogen-bond acceptors (Lipinski definition) is 1. The highest BCUT2D eigenvalue weighted by Crippen LogP contribution is 2.34. The third kappa shape index (κ3) is 1.67. The number of aryl methyl sites for hydroxylation is 1. The maximum absolute atomic E-state index is 4.09. The van der Waals surface area contributed by atoms with Crippen LogP contribution in [0, 0.1) is 6.92 Å². The normalized spacial score (nSPS) is 24.6. The minimum atomic E-state index is 0.497. The van der Waals surface area contributed by atoms with Gasteiger partial charge < -0.3 is 5.32 Å². The molecule has 0 saturated heterocycles. The van der Waals surface area contributed by atoms with Crippen molar-refractivity contribution in [1.29, 1.82) is 0 Å².